The van der Waals surface area contributed by atoms with Gasteiger partial charge in [-0.2, -0.15) is 10.4 Å². The summed E-state index contributed by atoms with van der Waals surface area (Å²) in [6, 6.07) is 6.99. The van der Waals surface area contributed by atoms with E-state index in [-0.39, 0.29) is 19.1 Å². The fourth-order valence-electron chi connectivity index (χ4n) is 3.54. The second kappa shape index (κ2) is 9.05. The van der Waals surface area contributed by atoms with E-state index in [1.165, 1.54) is 20.4 Å². The maximum Gasteiger partial charge on any atom is 0.339 e. The van der Waals surface area contributed by atoms with Gasteiger partial charge < -0.3 is 24.6 Å². The van der Waals surface area contributed by atoms with Crippen molar-refractivity contribution in [3.05, 3.63) is 64.6 Å². The Balaban J connectivity index is 1.40. The van der Waals surface area contributed by atoms with Crippen LogP contribution in [0.1, 0.15) is 38.7 Å². The van der Waals surface area contributed by atoms with Crippen LogP contribution in [-0.2, 0) is 17.9 Å². The molecule has 1 aliphatic heterocycles. The average Bonchev–Trinajstić information content (AvgIpc) is 3.44. The van der Waals surface area contributed by atoms with E-state index in [4.69, 9.17) is 19.5 Å². The van der Waals surface area contributed by atoms with E-state index in [1.807, 2.05) is 6.07 Å². The lowest BCUT2D eigenvalue weighted by Gasteiger charge is -2.17. The number of benzene rings is 1. The third-order valence-corrected chi connectivity index (χ3v) is 5.15. The van der Waals surface area contributed by atoms with Gasteiger partial charge in [0.15, 0.2) is 5.82 Å². The van der Waals surface area contributed by atoms with Gasteiger partial charge in [-0.05, 0) is 6.07 Å². The van der Waals surface area contributed by atoms with Crippen LogP contribution in [0, 0.1) is 11.3 Å². The Hall–Kier alpha value is -3.94. The molecule has 3 heterocycles. The summed E-state index contributed by atoms with van der Waals surface area (Å²) in [6.45, 7) is 0.857. The molecule has 0 amide bonds. The van der Waals surface area contributed by atoms with Crippen molar-refractivity contribution in [2.75, 3.05) is 20.8 Å². The smallest absolute Gasteiger partial charge is 0.339 e. The van der Waals surface area contributed by atoms with Crippen molar-refractivity contribution in [3.63, 3.8) is 0 Å². The van der Waals surface area contributed by atoms with Crippen LogP contribution in [0.4, 0.5) is 0 Å². The highest BCUT2D eigenvalue weighted by atomic mass is 16.5. The molecule has 1 atom stereocenters. The third kappa shape index (κ3) is 3.99. The molecule has 164 valence electrons. The minimum atomic E-state index is -0.842. The van der Waals surface area contributed by atoms with Gasteiger partial charge in [0.25, 0.3) is 0 Å². The van der Waals surface area contributed by atoms with Gasteiger partial charge in [-0.15, -0.1) is 0 Å². The standard InChI is InChI=1S/C22H21N5O5/c1-30-19-5-20(25-9-14(19)6-23)27-11-13(8-26-27)7-24-10-18(28)16-4-3-15-17(21(16)31-2)12-32-22(15)29/h3-5,8-9,11,18,24,28H,7,10,12H2,1-2H3. The number of nitrogens with zero attached hydrogens (tertiary/aromatic N) is 4. The van der Waals surface area contributed by atoms with Crippen LogP contribution in [0.15, 0.2) is 36.8 Å². The van der Waals surface area contributed by atoms with Gasteiger partial charge in [0, 0.05) is 42.0 Å². The molecule has 4 rings (SSSR count). The van der Waals surface area contributed by atoms with E-state index in [0.717, 1.165) is 5.56 Å². The maximum atomic E-state index is 11.7. The number of aliphatic hydroxyl groups excluding tert-OH is 1. The number of nitrogens with one attached hydrogen (secondary N) is 1. The zero-order valence-electron chi connectivity index (χ0n) is 17.5. The molecule has 1 unspecified atom stereocenters. The number of cyclic esters (lactones) is 1. The fraction of sp³-hybridized carbons (Fsp3) is 0.273. The number of ether oxygens (including phenoxy) is 3. The Morgan fingerprint density at radius 1 is 1.34 bits per heavy atom. The summed E-state index contributed by atoms with van der Waals surface area (Å²) in [5, 5.41) is 27.2. The highest BCUT2D eigenvalue weighted by Gasteiger charge is 2.28. The van der Waals surface area contributed by atoms with Gasteiger partial charge >= 0.3 is 5.97 Å². The number of hydrogen-bond acceptors (Lipinski definition) is 9. The van der Waals surface area contributed by atoms with Crippen molar-refractivity contribution in [3.8, 4) is 23.4 Å². The summed E-state index contributed by atoms with van der Waals surface area (Å²) >= 11 is 0. The number of rotatable bonds is 8. The van der Waals surface area contributed by atoms with Crippen molar-refractivity contribution < 1.29 is 24.1 Å². The molecular formula is C22H21N5O5. The topological polar surface area (TPSA) is 132 Å². The quantitative estimate of drug-likeness (QED) is 0.507. The number of nitriles is 1. The van der Waals surface area contributed by atoms with Crippen molar-refractivity contribution >= 4 is 5.97 Å². The van der Waals surface area contributed by atoms with Gasteiger partial charge in [-0.3, -0.25) is 0 Å². The molecule has 0 saturated carbocycles. The number of methoxy groups -OCH3 is 2. The van der Waals surface area contributed by atoms with E-state index >= 15 is 0 Å². The minimum Gasteiger partial charge on any atom is -0.496 e. The molecule has 1 aromatic carbocycles. The molecule has 2 aromatic heterocycles. The Bertz CT molecular complexity index is 1200. The van der Waals surface area contributed by atoms with Crippen molar-refractivity contribution in [2.45, 2.75) is 19.3 Å². The molecule has 0 saturated heterocycles. The van der Waals surface area contributed by atoms with E-state index in [0.29, 0.717) is 46.1 Å². The Morgan fingerprint density at radius 3 is 2.94 bits per heavy atom. The summed E-state index contributed by atoms with van der Waals surface area (Å²) < 4.78 is 17.3. The number of aliphatic hydroxyl groups is 1. The molecule has 3 aromatic rings. The molecular weight excluding hydrogens is 414 g/mol. The lowest BCUT2D eigenvalue weighted by molar-refractivity contribution is 0.0534. The van der Waals surface area contributed by atoms with Crippen LogP contribution in [0.3, 0.4) is 0 Å². The lowest BCUT2D eigenvalue weighted by Crippen LogP contribution is -2.21. The highest BCUT2D eigenvalue weighted by Crippen LogP contribution is 2.35. The Morgan fingerprint density at radius 2 is 2.19 bits per heavy atom. The number of carbonyl (C=O) groups is 1. The van der Waals surface area contributed by atoms with E-state index in [1.54, 1.807) is 35.3 Å². The van der Waals surface area contributed by atoms with E-state index < -0.39 is 6.10 Å². The van der Waals surface area contributed by atoms with Crippen LogP contribution < -0.4 is 14.8 Å². The first-order valence-electron chi connectivity index (χ1n) is 9.79. The maximum absolute atomic E-state index is 11.7. The van der Waals surface area contributed by atoms with E-state index in [2.05, 4.69) is 15.4 Å². The fourth-order valence-corrected chi connectivity index (χ4v) is 3.54. The summed E-state index contributed by atoms with van der Waals surface area (Å²) in [4.78, 5) is 16.0. The summed E-state index contributed by atoms with van der Waals surface area (Å²) in [7, 11) is 2.99. The summed E-state index contributed by atoms with van der Waals surface area (Å²) in [5.41, 5.74) is 2.92. The number of aromatic nitrogens is 3. The second-order valence-corrected chi connectivity index (χ2v) is 7.08. The Kier molecular flexibility index (Phi) is 6.02. The van der Waals surface area contributed by atoms with Crippen molar-refractivity contribution in [2.24, 2.45) is 0 Å². The molecule has 0 spiro atoms. The second-order valence-electron chi connectivity index (χ2n) is 7.08. The van der Waals surface area contributed by atoms with E-state index in [9.17, 15) is 9.90 Å². The SMILES string of the molecule is COc1cc(-n2cc(CNCC(O)c3ccc4c(c3OC)COC4=O)cn2)ncc1C#N. The largest absolute Gasteiger partial charge is 0.496 e. The molecule has 2 N–H and O–H groups in total. The first-order valence-corrected chi connectivity index (χ1v) is 9.79. The summed E-state index contributed by atoms with van der Waals surface area (Å²) in [5.74, 6) is 1.03. The van der Waals surface area contributed by atoms with Gasteiger partial charge in [-0.25, -0.2) is 14.5 Å². The zero-order chi connectivity index (χ0) is 22.7. The van der Waals surface area contributed by atoms with Crippen LogP contribution in [-0.4, -0.2) is 46.6 Å². The lowest BCUT2D eigenvalue weighted by atomic mass is 10.0. The highest BCUT2D eigenvalue weighted by molar-refractivity contribution is 5.94. The molecule has 1 aliphatic rings. The normalized spacial score (nSPS) is 13.2. The molecule has 0 fully saturated rings. The summed E-state index contributed by atoms with van der Waals surface area (Å²) in [6.07, 6.45) is 4.08. The monoisotopic (exact) mass is 435 g/mol. The van der Waals surface area contributed by atoms with Gasteiger partial charge in [0.1, 0.15) is 29.7 Å². The zero-order valence-corrected chi connectivity index (χ0v) is 17.5. The average molecular weight is 435 g/mol. The van der Waals surface area contributed by atoms with Crippen LogP contribution >= 0.6 is 0 Å². The number of carbonyl (C=O) groups excluding carboxylic acids is 1. The first kappa shape index (κ1) is 21.3. The predicted octanol–water partition coefficient (Wildman–Crippen LogP) is 1.65. The van der Waals surface area contributed by atoms with Gasteiger partial charge in [0.2, 0.25) is 0 Å². The van der Waals surface area contributed by atoms with Crippen molar-refractivity contribution in [1.29, 1.82) is 5.26 Å². The van der Waals surface area contributed by atoms with Crippen LogP contribution in [0.2, 0.25) is 0 Å². The Labute approximate surface area is 184 Å². The minimum absolute atomic E-state index is 0.138. The van der Waals surface area contributed by atoms with Crippen LogP contribution in [0.5, 0.6) is 11.5 Å². The first-order chi connectivity index (χ1) is 15.5. The number of fused-ring (bicyclic) bond motifs is 1. The predicted molar refractivity (Wildman–Crippen MR) is 111 cm³/mol. The molecule has 0 aliphatic carbocycles. The third-order valence-electron chi connectivity index (χ3n) is 5.15. The molecule has 10 nitrogen and oxygen atoms in total. The van der Waals surface area contributed by atoms with Crippen molar-refractivity contribution in [1.82, 2.24) is 20.1 Å². The molecule has 32 heavy (non-hydrogen) atoms. The van der Waals surface area contributed by atoms with Gasteiger partial charge in [-0.1, -0.05) is 6.07 Å². The molecule has 0 radical (unpaired) electrons. The molecule has 0 bridgehead atoms. The van der Waals surface area contributed by atoms with Crippen LogP contribution in [0.25, 0.3) is 5.82 Å². The molecule has 10 heteroatoms. The number of hydrogen-bond donors (Lipinski definition) is 2. The number of pyridine rings is 1. The van der Waals surface area contributed by atoms with Gasteiger partial charge in [0.05, 0.1) is 38.3 Å². The number of esters is 1.